The average molecular weight is 355 g/mol. The molecule has 3 rings (SSSR count). The topological polar surface area (TPSA) is 20.3 Å². The van der Waals surface area contributed by atoms with E-state index in [0.29, 0.717) is 23.5 Å². The number of carbonyl (C=O) groups excluding carboxylic acids is 1. The van der Waals surface area contributed by atoms with Crippen LogP contribution in [0.5, 0.6) is 0 Å². The van der Waals surface area contributed by atoms with Crippen LogP contribution in [-0.2, 0) is 24.1 Å². The highest BCUT2D eigenvalue weighted by molar-refractivity contribution is 5.66. The van der Waals surface area contributed by atoms with E-state index < -0.39 is 29.4 Å². The monoisotopic (exact) mass is 355 g/mol. The number of rotatable bonds is 3. The zero-order valence-electron chi connectivity index (χ0n) is 13.2. The highest BCUT2D eigenvalue weighted by Crippen LogP contribution is 2.43. The van der Waals surface area contributed by atoms with E-state index in [4.69, 9.17) is 0 Å². The van der Waals surface area contributed by atoms with Gasteiger partial charge in [-0.1, -0.05) is 12.1 Å². The largest absolute Gasteiger partial charge is 0.416 e. The van der Waals surface area contributed by atoms with Gasteiger partial charge in [0.2, 0.25) is 0 Å². The molecule has 0 bridgehead atoms. The summed E-state index contributed by atoms with van der Waals surface area (Å²) >= 11 is 0. The zero-order chi connectivity index (χ0) is 18.4. The minimum atomic E-state index is -4.76. The fourth-order valence-corrected chi connectivity index (χ4v) is 3.17. The van der Waals surface area contributed by atoms with Crippen LogP contribution in [0.4, 0.5) is 22.0 Å². The first-order valence-electron chi connectivity index (χ1n) is 7.54. The van der Waals surface area contributed by atoms with Gasteiger partial charge in [0, 0.05) is 13.1 Å². The molecule has 0 spiro atoms. The van der Waals surface area contributed by atoms with Crippen LogP contribution in [0.3, 0.4) is 0 Å². The normalized spacial score (nSPS) is 17.6. The lowest BCUT2D eigenvalue weighted by atomic mass is 9.98. The zero-order valence-corrected chi connectivity index (χ0v) is 13.2. The molecule has 2 aromatic carbocycles. The molecular formula is C18H14F5NO. The van der Waals surface area contributed by atoms with E-state index in [0.717, 1.165) is 6.07 Å². The third-order valence-corrected chi connectivity index (χ3v) is 4.35. The molecule has 0 aromatic heterocycles. The van der Waals surface area contributed by atoms with Crippen molar-refractivity contribution in [3.63, 3.8) is 0 Å². The van der Waals surface area contributed by atoms with Gasteiger partial charge in [0.1, 0.15) is 17.9 Å². The summed E-state index contributed by atoms with van der Waals surface area (Å²) in [6.07, 6.45) is -4.36. The molecule has 1 atom stereocenters. The SMILES string of the molecule is Cc1ccc(CN2Cc3cc(F)cc(C(F)(F)F)c3C2C=O)cc1F. The predicted molar refractivity (Wildman–Crippen MR) is 80.6 cm³/mol. The second kappa shape index (κ2) is 6.22. The Balaban J connectivity index is 1.99. The molecule has 1 aliphatic rings. The van der Waals surface area contributed by atoms with E-state index in [-0.39, 0.29) is 24.2 Å². The fourth-order valence-electron chi connectivity index (χ4n) is 3.17. The summed E-state index contributed by atoms with van der Waals surface area (Å²) in [5.41, 5.74) is -0.274. The van der Waals surface area contributed by atoms with Gasteiger partial charge in [0.15, 0.2) is 0 Å². The molecule has 25 heavy (non-hydrogen) atoms. The average Bonchev–Trinajstić information content (AvgIpc) is 2.85. The first kappa shape index (κ1) is 17.5. The summed E-state index contributed by atoms with van der Waals surface area (Å²) in [6.45, 7) is 1.65. The third kappa shape index (κ3) is 3.28. The third-order valence-electron chi connectivity index (χ3n) is 4.35. The summed E-state index contributed by atoms with van der Waals surface area (Å²) in [7, 11) is 0. The molecule has 0 aliphatic carbocycles. The standard InChI is InChI=1S/C18H14F5NO/c1-10-2-3-11(4-15(10)20)7-24-8-12-5-13(19)6-14(18(21,22)23)17(12)16(24)9-25/h2-6,9,16H,7-8H2,1H3. The molecule has 2 nitrogen and oxygen atoms in total. The molecule has 7 heteroatoms. The second-order valence-electron chi connectivity index (χ2n) is 6.09. The van der Waals surface area contributed by atoms with Crippen LogP contribution < -0.4 is 0 Å². The highest BCUT2D eigenvalue weighted by Gasteiger charge is 2.41. The van der Waals surface area contributed by atoms with E-state index >= 15 is 0 Å². The van der Waals surface area contributed by atoms with Crippen molar-refractivity contribution in [2.24, 2.45) is 0 Å². The number of aryl methyl sites for hydroxylation is 1. The molecule has 0 amide bonds. The van der Waals surface area contributed by atoms with Crippen molar-refractivity contribution in [1.29, 1.82) is 0 Å². The van der Waals surface area contributed by atoms with Crippen LogP contribution in [0.1, 0.15) is 33.9 Å². The molecule has 1 aliphatic heterocycles. The summed E-state index contributed by atoms with van der Waals surface area (Å²) in [5, 5.41) is 0. The molecule has 0 saturated heterocycles. The van der Waals surface area contributed by atoms with Gasteiger partial charge in [-0.2, -0.15) is 13.2 Å². The van der Waals surface area contributed by atoms with Crippen molar-refractivity contribution in [1.82, 2.24) is 4.90 Å². The van der Waals surface area contributed by atoms with Crippen LogP contribution >= 0.6 is 0 Å². The van der Waals surface area contributed by atoms with E-state index in [1.54, 1.807) is 19.1 Å². The Labute approximate surface area is 140 Å². The molecule has 2 aromatic rings. The number of hydrogen-bond donors (Lipinski definition) is 0. The van der Waals surface area contributed by atoms with Gasteiger partial charge in [-0.3, -0.25) is 4.90 Å². The van der Waals surface area contributed by atoms with Crippen LogP contribution in [0.2, 0.25) is 0 Å². The Morgan fingerprint density at radius 1 is 1.20 bits per heavy atom. The Bertz CT molecular complexity index is 831. The number of alkyl halides is 3. The number of fused-ring (bicyclic) bond motifs is 1. The quantitative estimate of drug-likeness (QED) is 0.595. The highest BCUT2D eigenvalue weighted by atomic mass is 19.4. The van der Waals surface area contributed by atoms with Crippen LogP contribution in [0.25, 0.3) is 0 Å². The molecule has 0 radical (unpaired) electrons. The van der Waals surface area contributed by atoms with Gasteiger partial charge >= 0.3 is 6.18 Å². The summed E-state index contributed by atoms with van der Waals surface area (Å²) in [4.78, 5) is 12.9. The van der Waals surface area contributed by atoms with Gasteiger partial charge in [-0.25, -0.2) is 8.78 Å². The number of carbonyl (C=O) groups is 1. The maximum absolute atomic E-state index is 13.7. The van der Waals surface area contributed by atoms with Crippen LogP contribution in [0, 0.1) is 18.6 Å². The number of nitrogens with zero attached hydrogens (tertiary/aromatic N) is 1. The molecule has 0 N–H and O–H groups in total. The first-order chi connectivity index (χ1) is 11.7. The lowest BCUT2D eigenvalue weighted by molar-refractivity contribution is -0.138. The Morgan fingerprint density at radius 3 is 2.52 bits per heavy atom. The van der Waals surface area contributed by atoms with E-state index in [9.17, 15) is 26.7 Å². The maximum Gasteiger partial charge on any atom is 0.416 e. The van der Waals surface area contributed by atoms with E-state index in [2.05, 4.69) is 0 Å². The second-order valence-corrected chi connectivity index (χ2v) is 6.09. The molecule has 0 saturated carbocycles. The van der Waals surface area contributed by atoms with Crippen molar-refractivity contribution in [2.45, 2.75) is 32.2 Å². The van der Waals surface area contributed by atoms with E-state index in [1.165, 1.54) is 11.0 Å². The van der Waals surface area contributed by atoms with Crippen molar-refractivity contribution in [2.75, 3.05) is 0 Å². The van der Waals surface area contributed by atoms with Gasteiger partial charge in [-0.15, -0.1) is 0 Å². The summed E-state index contributed by atoms with van der Waals surface area (Å²) < 4.78 is 67.0. The molecule has 0 fully saturated rings. The Hall–Kier alpha value is -2.28. The number of benzene rings is 2. The summed E-state index contributed by atoms with van der Waals surface area (Å²) in [6, 6.07) is 4.75. The molecule has 132 valence electrons. The number of halogens is 5. The fraction of sp³-hybridized carbons (Fsp3) is 0.278. The Kier molecular flexibility index (Phi) is 4.36. The predicted octanol–water partition coefficient (Wildman–Crippen LogP) is 4.55. The van der Waals surface area contributed by atoms with Crippen molar-refractivity contribution in [3.8, 4) is 0 Å². The number of hydrogen-bond acceptors (Lipinski definition) is 2. The molecular weight excluding hydrogens is 341 g/mol. The van der Waals surface area contributed by atoms with Crippen molar-refractivity contribution < 1.29 is 26.7 Å². The van der Waals surface area contributed by atoms with Crippen molar-refractivity contribution >= 4 is 6.29 Å². The lowest BCUT2D eigenvalue weighted by Crippen LogP contribution is -2.24. The Morgan fingerprint density at radius 2 is 1.92 bits per heavy atom. The van der Waals surface area contributed by atoms with Gasteiger partial charge in [0.25, 0.3) is 0 Å². The minimum absolute atomic E-state index is 0.0188. The van der Waals surface area contributed by atoms with Crippen LogP contribution in [-0.4, -0.2) is 11.2 Å². The first-order valence-corrected chi connectivity index (χ1v) is 7.54. The van der Waals surface area contributed by atoms with Crippen molar-refractivity contribution in [3.05, 3.63) is 69.8 Å². The van der Waals surface area contributed by atoms with E-state index in [1.807, 2.05) is 0 Å². The summed E-state index contributed by atoms with van der Waals surface area (Å²) in [5.74, 6) is -1.43. The van der Waals surface area contributed by atoms with Gasteiger partial charge in [0.05, 0.1) is 11.6 Å². The van der Waals surface area contributed by atoms with Crippen LogP contribution in [0.15, 0.2) is 30.3 Å². The maximum atomic E-state index is 13.7. The van der Waals surface area contributed by atoms with Gasteiger partial charge in [-0.05, 0) is 47.4 Å². The molecule has 1 heterocycles. The minimum Gasteiger partial charge on any atom is -0.301 e. The number of aldehydes is 1. The smallest absolute Gasteiger partial charge is 0.301 e. The van der Waals surface area contributed by atoms with Gasteiger partial charge < -0.3 is 4.79 Å². The molecule has 1 unspecified atom stereocenters. The lowest BCUT2D eigenvalue weighted by Gasteiger charge is -2.22.